The number of aliphatic hydroxyl groups excluding tert-OH is 1. The topological polar surface area (TPSA) is 40.5 Å². The van der Waals surface area contributed by atoms with Crippen LogP contribution in [0.15, 0.2) is 30.3 Å². The maximum Gasteiger partial charge on any atom is 0.244 e. The third-order valence-corrected chi connectivity index (χ3v) is 2.56. The molecule has 0 bridgehead atoms. The summed E-state index contributed by atoms with van der Waals surface area (Å²) in [6, 6.07) is 9.16. The van der Waals surface area contributed by atoms with Gasteiger partial charge in [0.2, 0.25) is 5.91 Å². The second kappa shape index (κ2) is 5.73. The van der Waals surface area contributed by atoms with Crippen LogP contribution in [0.25, 0.3) is 0 Å². The second-order valence-electron chi connectivity index (χ2n) is 3.26. The zero-order valence-electron chi connectivity index (χ0n) is 8.56. The SMILES string of the molecule is CN(CCO)C(=O)C(Cl)c1ccccc1. The van der Waals surface area contributed by atoms with E-state index in [0.29, 0.717) is 6.54 Å². The Morgan fingerprint density at radius 1 is 1.47 bits per heavy atom. The summed E-state index contributed by atoms with van der Waals surface area (Å²) in [5.41, 5.74) is 0.772. The number of aliphatic hydroxyl groups is 1. The molecule has 1 rings (SSSR count). The Balaban J connectivity index is 2.69. The van der Waals surface area contributed by atoms with Gasteiger partial charge in [0.15, 0.2) is 0 Å². The van der Waals surface area contributed by atoms with Gasteiger partial charge in [0.25, 0.3) is 0 Å². The molecule has 0 aliphatic carbocycles. The average molecular weight is 228 g/mol. The van der Waals surface area contributed by atoms with Crippen molar-refractivity contribution < 1.29 is 9.90 Å². The molecule has 0 aromatic heterocycles. The number of hydrogen-bond donors (Lipinski definition) is 1. The molecule has 1 aromatic carbocycles. The van der Waals surface area contributed by atoms with Gasteiger partial charge in [0, 0.05) is 13.6 Å². The smallest absolute Gasteiger partial charge is 0.244 e. The van der Waals surface area contributed by atoms with E-state index in [9.17, 15) is 4.79 Å². The minimum absolute atomic E-state index is 0.0549. The summed E-state index contributed by atoms with van der Waals surface area (Å²) in [7, 11) is 1.62. The molecule has 4 heteroatoms. The first kappa shape index (κ1) is 12.0. The predicted octanol–water partition coefficient (Wildman–Crippen LogP) is 1.42. The lowest BCUT2D eigenvalue weighted by molar-refractivity contribution is -0.130. The maximum absolute atomic E-state index is 11.7. The van der Waals surface area contributed by atoms with Crippen LogP contribution >= 0.6 is 11.6 Å². The van der Waals surface area contributed by atoms with Crippen molar-refractivity contribution >= 4 is 17.5 Å². The third-order valence-electron chi connectivity index (χ3n) is 2.12. The van der Waals surface area contributed by atoms with E-state index >= 15 is 0 Å². The Morgan fingerprint density at radius 2 is 2.07 bits per heavy atom. The van der Waals surface area contributed by atoms with Crippen molar-refractivity contribution in [2.75, 3.05) is 20.2 Å². The number of nitrogens with zero attached hydrogens (tertiary/aromatic N) is 1. The summed E-state index contributed by atoms with van der Waals surface area (Å²) in [6.45, 7) is 0.246. The van der Waals surface area contributed by atoms with Gasteiger partial charge in [0.1, 0.15) is 5.38 Å². The highest BCUT2D eigenvalue weighted by atomic mass is 35.5. The van der Waals surface area contributed by atoms with Gasteiger partial charge in [-0.3, -0.25) is 4.79 Å². The second-order valence-corrected chi connectivity index (χ2v) is 3.69. The summed E-state index contributed by atoms with van der Waals surface area (Å²) < 4.78 is 0. The number of likely N-dealkylation sites (N-methyl/N-ethyl adjacent to an activating group) is 1. The van der Waals surface area contributed by atoms with Gasteiger partial charge < -0.3 is 10.0 Å². The lowest BCUT2D eigenvalue weighted by atomic mass is 10.1. The molecule has 0 spiro atoms. The molecule has 3 nitrogen and oxygen atoms in total. The van der Waals surface area contributed by atoms with Gasteiger partial charge in [-0.1, -0.05) is 30.3 Å². The summed E-state index contributed by atoms with van der Waals surface area (Å²) >= 11 is 6.01. The molecule has 0 fully saturated rings. The fraction of sp³-hybridized carbons (Fsp3) is 0.364. The molecule has 1 aromatic rings. The number of alkyl halides is 1. The molecule has 1 atom stereocenters. The standard InChI is InChI=1S/C11H14ClNO2/c1-13(7-8-14)11(15)10(12)9-5-3-2-4-6-9/h2-6,10,14H,7-8H2,1H3. The fourth-order valence-corrected chi connectivity index (χ4v) is 1.53. The highest BCUT2D eigenvalue weighted by Gasteiger charge is 2.20. The number of halogens is 1. The van der Waals surface area contributed by atoms with Crippen molar-refractivity contribution in [2.24, 2.45) is 0 Å². The highest BCUT2D eigenvalue weighted by molar-refractivity contribution is 6.30. The summed E-state index contributed by atoms with van der Waals surface area (Å²) in [5.74, 6) is -0.197. The van der Waals surface area contributed by atoms with Gasteiger partial charge >= 0.3 is 0 Å². The summed E-state index contributed by atoms with van der Waals surface area (Å²) in [6.07, 6.45) is 0. The first-order valence-electron chi connectivity index (χ1n) is 4.71. The van der Waals surface area contributed by atoms with Gasteiger partial charge in [-0.2, -0.15) is 0 Å². The van der Waals surface area contributed by atoms with Gasteiger partial charge in [0.05, 0.1) is 6.61 Å². The zero-order valence-corrected chi connectivity index (χ0v) is 9.31. The minimum Gasteiger partial charge on any atom is -0.395 e. The Hall–Kier alpha value is -1.06. The van der Waals surface area contributed by atoms with Crippen LogP contribution in [0.3, 0.4) is 0 Å². The molecule has 0 radical (unpaired) electrons. The van der Waals surface area contributed by atoms with E-state index in [1.54, 1.807) is 7.05 Å². The highest BCUT2D eigenvalue weighted by Crippen LogP contribution is 2.21. The largest absolute Gasteiger partial charge is 0.395 e. The van der Waals surface area contributed by atoms with Crippen molar-refractivity contribution in [3.63, 3.8) is 0 Å². The van der Waals surface area contributed by atoms with E-state index in [1.165, 1.54) is 4.90 Å². The Morgan fingerprint density at radius 3 is 2.60 bits per heavy atom. The van der Waals surface area contributed by atoms with Crippen LogP contribution in [-0.2, 0) is 4.79 Å². The van der Waals surface area contributed by atoms with Crippen LogP contribution in [0.2, 0.25) is 0 Å². The van der Waals surface area contributed by atoms with E-state index < -0.39 is 5.38 Å². The lowest BCUT2D eigenvalue weighted by Gasteiger charge is -2.19. The van der Waals surface area contributed by atoms with Gasteiger partial charge in [-0.15, -0.1) is 11.6 Å². The molecule has 0 aliphatic rings. The van der Waals surface area contributed by atoms with Crippen LogP contribution in [0.1, 0.15) is 10.9 Å². The molecule has 82 valence electrons. The Kier molecular flexibility index (Phi) is 4.59. The first-order valence-corrected chi connectivity index (χ1v) is 5.15. The number of amides is 1. The van der Waals surface area contributed by atoms with Crippen molar-refractivity contribution in [1.29, 1.82) is 0 Å². The van der Waals surface area contributed by atoms with Crippen LogP contribution in [-0.4, -0.2) is 36.1 Å². The lowest BCUT2D eigenvalue weighted by Crippen LogP contribution is -2.32. The number of rotatable bonds is 4. The van der Waals surface area contributed by atoms with Gasteiger partial charge in [-0.05, 0) is 5.56 Å². The number of hydrogen-bond acceptors (Lipinski definition) is 2. The molecular formula is C11H14ClNO2. The predicted molar refractivity (Wildman–Crippen MR) is 59.8 cm³/mol. The molecule has 1 amide bonds. The molecule has 0 aliphatic heterocycles. The Bertz CT molecular complexity index is 316. The number of carbonyl (C=O) groups excluding carboxylic acids is 1. The first-order chi connectivity index (χ1) is 7.16. The molecule has 1 unspecified atom stereocenters. The van der Waals surface area contributed by atoms with E-state index in [0.717, 1.165) is 5.56 Å². The molecular weight excluding hydrogens is 214 g/mol. The van der Waals surface area contributed by atoms with Gasteiger partial charge in [-0.25, -0.2) is 0 Å². The number of carbonyl (C=O) groups is 1. The third kappa shape index (κ3) is 3.22. The molecule has 1 N–H and O–H groups in total. The zero-order chi connectivity index (χ0) is 11.3. The van der Waals surface area contributed by atoms with E-state index in [-0.39, 0.29) is 12.5 Å². The molecule has 0 saturated carbocycles. The molecule has 0 saturated heterocycles. The van der Waals surface area contributed by atoms with Crippen LogP contribution in [0, 0.1) is 0 Å². The van der Waals surface area contributed by atoms with Crippen molar-refractivity contribution in [3.8, 4) is 0 Å². The van der Waals surface area contributed by atoms with Crippen molar-refractivity contribution in [3.05, 3.63) is 35.9 Å². The number of benzene rings is 1. The average Bonchev–Trinajstić information content (AvgIpc) is 2.28. The monoisotopic (exact) mass is 227 g/mol. The van der Waals surface area contributed by atoms with Crippen molar-refractivity contribution in [1.82, 2.24) is 4.90 Å². The van der Waals surface area contributed by atoms with Crippen molar-refractivity contribution in [2.45, 2.75) is 5.38 Å². The Labute approximate surface area is 94.3 Å². The normalized spacial score (nSPS) is 12.2. The summed E-state index contributed by atoms with van der Waals surface area (Å²) in [5, 5.41) is 8.02. The molecule has 15 heavy (non-hydrogen) atoms. The molecule has 0 heterocycles. The minimum atomic E-state index is -0.678. The van der Waals surface area contributed by atoms with E-state index in [4.69, 9.17) is 16.7 Å². The van der Waals surface area contributed by atoms with Crippen LogP contribution in [0.5, 0.6) is 0 Å². The van der Waals surface area contributed by atoms with Crippen LogP contribution < -0.4 is 0 Å². The quantitative estimate of drug-likeness (QED) is 0.791. The maximum atomic E-state index is 11.7. The van der Waals surface area contributed by atoms with Crippen LogP contribution in [0.4, 0.5) is 0 Å². The van der Waals surface area contributed by atoms with E-state index in [2.05, 4.69) is 0 Å². The van der Waals surface area contributed by atoms with E-state index in [1.807, 2.05) is 30.3 Å². The fourth-order valence-electron chi connectivity index (χ4n) is 1.22. The summed E-state index contributed by atoms with van der Waals surface area (Å²) in [4.78, 5) is 13.1.